The molecule has 0 aromatic heterocycles. The first-order chi connectivity index (χ1) is 9.24. The smallest absolute Gasteiger partial charge is 0.239 e. The number of piperidine rings is 2. The largest absolute Gasteiger partial charge is 0.338 e. The van der Waals surface area contributed by atoms with Gasteiger partial charge in [0.1, 0.15) is 0 Å². The third kappa shape index (κ3) is 3.46. The van der Waals surface area contributed by atoms with E-state index in [1.807, 2.05) is 0 Å². The molecule has 3 aliphatic rings. The Hall–Kier alpha value is -0.320. The summed E-state index contributed by atoms with van der Waals surface area (Å²) in [6, 6.07) is 0.714. The van der Waals surface area contributed by atoms with Crippen molar-refractivity contribution in [1.29, 1.82) is 0 Å². The molecule has 3 fully saturated rings. The predicted molar refractivity (Wildman–Crippen MR) is 83.2 cm³/mol. The fourth-order valence-corrected chi connectivity index (χ4v) is 3.87. The normalized spacial score (nSPS) is 35.0. The minimum absolute atomic E-state index is 0. The molecule has 3 heterocycles. The molecule has 1 N–H and O–H groups in total. The molecule has 1 amide bonds. The number of carbonyl (C=O) groups is 1. The van der Waals surface area contributed by atoms with Gasteiger partial charge in [0.15, 0.2) is 0 Å². The number of hydrogen-bond acceptors (Lipinski definition) is 3. The van der Waals surface area contributed by atoms with E-state index in [2.05, 4.69) is 22.0 Å². The van der Waals surface area contributed by atoms with Crippen molar-refractivity contribution in [3.8, 4) is 0 Å². The number of rotatable bonds is 1. The van der Waals surface area contributed by atoms with Crippen LogP contribution in [0, 0.1) is 5.92 Å². The Labute approximate surface area is 128 Å². The molecule has 20 heavy (non-hydrogen) atoms. The number of nitrogens with one attached hydrogen (secondary N) is 1. The molecule has 5 heteroatoms. The molecule has 4 nitrogen and oxygen atoms in total. The third-order valence-corrected chi connectivity index (χ3v) is 5.11. The lowest BCUT2D eigenvalue weighted by atomic mass is 9.93. The Morgan fingerprint density at radius 2 is 2.00 bits per heavy atom. The lowest BCUT2D eigenvalue weighted by Gasteiger charge is -2.45. The lowest BCUT2D eigenvalue weighted by molar-refractivity contribution is -0.138. The summed E-state index contributed by atoms with van der Waals surface area (Å²) in [4.78, 5) is 17.3. The predicted octanol–water partition coefficient (Wildman–Crippen LogP) is 1.49. The van der Waals surface area contributed by atoms with Crippen molar-refractivity contribution in [2.75, 3.05) is 32.7 Å². The Morgan fingerprint density at radius 1 is 1.15 bits per heavy atom. The molecule has 0 aliphatic carbocycles. The van der Waals surface area contributed by atoms with Crippen molar-refractivity contribution >= 4 is 18.3 Å². The molecule has 0 aromatic carbocycles. The Morgan fingerprint density at radius 3 is 2.80 bits per heavy atom. The van der Waals surface area contributed by atoms with Gasteiger partial charge in [0.25, 0.3) is 0 Å². The number of carbonyl (C=O) groups excluding carboxylic acids is 1. The van der Waals surface area contributed by atoms with Crippen LogP contribution in [0.2, 0.25) is 0 Å². The molecule has 0 bridgehead atoms. The summed E-state index contributed by atoms with van der Waals surface area (Å²) >= 11 is 0. The number of hydrogen-bond donors (Lipinski definition) is 1. The summed E-state index contributed by atoms with van der Waals surface area (Å²) in [6.45, 7) is 7.48. The van der Waals surface area contributed by atoms with Gasteiger partial charge in [-0.3, -0.25) is 9.69 Å². The van der Waals surface area contributed by atoms with Crippen molar-refractivity contribution < 1.29 is 4.79 Å². The second kappa shape index (κ2) is 7.10. The Balaban J connectivity index is 0.00000147. The van der Waals surface area contributed by atoms with E-state index >= 15 is 0 Å². The van der Waals surface area contributed by atoms with Crippen molar-refractivity contribution in [1.82, 2.24) is 15.1 Å². The molecule has 3 aliphatic heterocycles. The van der Waals surface area contributed by atoms with Crippen LogP contribution in [0.3, 0.4) is 0 Å². The zero-order valence-electron chi connectivity index (χ0n) is 12.5. The second-order valence-corrected chi connectivity index (χ2v) is 6.61. The molecule has 116 valence electrons. The van der Waals surface area contributed by atoms with Gasteiger partial charge >= 0.3 is 0 Å². The van der Waals surface area contributed by atoms with Crippen LogP contribution in [0.15, 0.2) is 0 Å². The summed E-state index contributed by atoms with van der Waals surface area (Å²) in [7, 11) is 0. The summed E-state index contributed by atoms with van der Waals surface area (Å²) in [5.74, 6) is 1.04. The third-order valence-electron chi connectivity index (χ3n) is 5.11. The highest BCUT2D eigenvalue weighted by molar-refractivity contribution is 5.85. The summed E-state index contributed by atoms with van der Waals surface area (Å²) in [5.41, 5.74) is 0. The quantitative estimate of drug-likeness (QED) is 0.797. The van der Waals surface area contributed by atoms with E-state index in [1.165, 1.54) is 32.2 Å². The van der Waals surface area contributed by atoms with E-state index in [0.717, 1.165) is 32.6 Å². The Bertz CT molecular complexity index is 339. The van der Waals surface area contributed by atoms with Gasteiger partial charge in [0.05, 0.1) is 6.04 Å². The van der Waals surface area contributed by atoms with Crippen LogP contribution in [-0.2, 0) is 4.79 Å². The molecule has 3 rings (SSSR count). The van der Waals surface area contributed by atoms with Crippen LogP contribution in [0.5, 0.6) is 0 Å². The van der Waals surface area contributed by atoms with Crippen LogP contribution >= 0.6 is 12.4 Å². The standard InChI is InChI=1S/C15H27N3O.ClH/c1-12-5-6-16-14(10-12)15(19)18-9-8-17-7-3-2-4-13(17)11-18;/h12-14,16H,2-11H2,1H3;1H. The number of fused-ring (bicyclic) bond motifs is 1. The van der Waals surface area contributed by atoms with Gasteiger partial charge in [-0.2, -0.15) is 0 Å². The zero-order chi connectivity index (χ0) is 13.2. The maximum absolute atomic E-state index is 12.6. The van der Waals surface area contributed by atoms with Gasteiger partial charge in [-0.25, -0.2) is 0 Å². The average Bonchev–Trinajstić information content (AvgIpc) is 2.46. The monoisotopic (exact) mass is 301 g/mol. The van der Waals surface area contributed by atoms with E-state index in [4.69, 9.17) is 0 Å². The number of nitrogens with zero attached hydrogens (tertiary/aromatic N) is 2. The molecule has 3 unspecified atom stereocenters. The zero-order valence-corrected chi connectivity index (χ0v) is 13.3. The van der Waals surface area contributed by atoms with Crippen molar-refractivity contribution in [2.45, 2.75) is 51.1 Å². The number of piperazine rings is 1. The number of halogens is 1. The fraction of sp³-hybridized carbons (Fsp3) is 0.933. The van der Waals surface area contributed by atoms with Crippen molar-refractivity contribution in [3.05, 3.63) is 0 Å². The van der Waals surface area contributed by atoms with Crippen molar-refractivity contribution in [3.63, 3.8) is 0 Å². The topological polar surface area (TPSA) is 35.6 Å². The summed E-state index contributed by atoms with van der Waals surface area (Å²) in [6.07, 6.45) is 6.18. The average molecular weight is 302 g/mol. The first-order valence-corrected chi connectivity index (χ1v) is 8.00. The second-order valence-electron chi connectivity index (χ2n) is 6.61. The van der Waals surface area contributed by atoms with E-state index in [-0.39, 0.29) is 18.4 Å². The molecule has 0 radical (unpaired) electrons. The maximum Gasteiger partial charge on any atom is 0.239 e. The molecule has 3 saturated heterocycles. The van der Waals surface area contributed by atoms with Gasteiger partial charge < -0.3 is 10.2 Å². The van der Waals surface area contributed by atoms with E-state index in [1.54, 1.807) is 0 Å². The molecule has 0 saturated carbocycles. The van der Waals surface area contributed by atoms with E-state index < -0.39 is 0 Å². The molecule has 3 atom stereocenters. The summed E-state index contributed by atoms with van der Waals surface area (Å²) in [5, 5.41) is 3.41. The Kier molecular flexibility index (Phi) is 5.70. The van der Waals surface area contributed by atoms with Gasteiger partial charge in [-0.15, -0.1) is 12.4 Å². The van der Waals surface area contributed by atoms with E-state index in [0.29, 0.717) is 17.9 Å². The van der Waals surface area contributed by atoms with Crippen LogP contribution in [-0.4, -0.2) is 60.5 Å². The first kappa shape index (κ1) is 16.1. The fourth-order valence-electron chi connectivity index (χ4n) is 3.87. The first-order valence-electron chi connectivity index (χ1n) is 8.00. The highest BCUT2D eigenvalue weighted by Gasteiger charge is 2.34. The minimum Gasteiger partial charge on any atom is -0.338 e. The van der Waals surface area contributed by atoms with E-state index in [9.17, 15) is 4.79 Å². The lowest BCUT2D eigenvalue weighted by Crippen LogP contribution is -2.59. The van der Waals surface area contributed by atoms with Crippen molar-refractivity contribution in [2.24, 2.45) is 5.92 Å². The van der Waals surface area contributed by atoms with Crippen LogP contribution in [0.1, 0.15) is 39.0 Å². The molecular weight excluding hydrogens is 274 g/mol. The molecular formula is C15H28ClN3O. The van der Waals surface area contributed by atoms with Gasteiger partial charge in [-0.1, -0.05) is 13.3 Å². The van der Waals surface area contributed by atoms with Gasteiger partial charge in [0.2, 0.25) is 5.91 Å². The highest BCUT2D eigenvalue weighted by Crippen LogP contribution is 2.23. The van der Waals surface area contributed by atoms with Gasteiger partial charge in [0, 0.05) is 25.7 Å². The molecule has 0 spiro atoms. The van der Waals surface area contributed by atoms with Crippen LogP contribution in [0.4, 0.5) is 0 Å². The van der Waals surface area contributed by atoms with Crippen LogP contribution < -0.4 is 5.32 Å². The summed E-state index contributed by atoms with van der Waals surface area (Å²) < 4.78 is 0. The van der Waals surface area contributed by atoms with Crippen LogP contribution in [0.25, 0.3) is 0 Å². The number of amides is 1. The SMILES string of the molecule is CC1CCNC(C(=O)N2CCN3CCCCC3C2)C1.Cl. The highest BCUT2D eigenvalue weighted by atomic mass is 35.5. The maximum atomic E-state index is 12.6. The van der Waals surface area contributed by atoms with Gasteiger partial charge in [-0.05, 0) is 44.7 Å². The minimum atomic E-state index is 0. The molecule has 0 aromatic rings.